The highest BCUT2D eigenvalue weighted by Crippen LogP contribution is 2.33. The van der Waals surface area contributed by atoms with Crippen molar-refractivity contribution < 1.29 is 14.7 Å². The van der Waals surface area contributed by atoms with E-state index in [0.717, 1.165) is 18.6 Å². The zero-order valence-corrected chi connectivity index (χ0v) is 23.5. The summed E-state index contributed by atoms with van der Waals surface area (Å²) in [4.78, 5) is 28.8. The van der Waals surface area contributed by atoms with Gasteiger partial charge in [0, 0.05) is 6.20 Å². The van der Waals surface area contributed by atoms with Gasteiger partial charge >= 0.3 is 0 Å². The van der Waals surface area contributed by atoms with Crippen LogP contribution < -0.4 is 0 Å². The molecule has 0 amide bonds. The van der Waals surface area contributed by atoms with E-state index < -0.39 is 11.6 Å². The molecule has 1 heterocycles. The molecule has 1 aliphatic carbocycles. The molecule has 36 heavy (non-hydrogen) atoms. The molecule has 0 saturated carbocycles. The van der Waals surface area contributed by atoms with Crippen molar-refractivity contribution >= 4 is 29.1 Å². The molecule has 0 saturated heterocycles. The zero-order valence-electron chi connectivity index (χ0n) is 22.7. The monoisotopic (exact) mass is 515 g/mol. The van der Waals surface area contributed by atoms with Crippen molar-refractivity contribution in [2.45, 2.75) is 135 Å². The van der Waals surface area contributed by atoms with Crippen LogP contribution in [0, 0.1) is 0 Å². The van der Waals surface area contributed by atoms with Gasteiger partial charge in [0.25, 0.3) is 0 Å². The van der Waals surface area contributed by atoms with Crippen LogP contribution in [0.25, 0.3) is 5.76 Å². The lowest BCUT2D eigenvalue weighted by atomic mass is 9.98. The molecule has 2 rings (SSSR count). The van der Waals surface area contributed by atoms with Crippen molar-refractivity contribution in [1.29, 1.82) is 0 Å². The predicted molar refractivity (Wildman–Crippen MR) is 154 cm³/mol. The summed E-state index contributed by atoms with van der Waals surface area (Å²) in [6.45, 7) is 2.28. The Balaban J connectivity index is 1.36. The SMILES string of the molecule is CCCCCCCCCCCCCCCCCCCCCCSC1=C(O)c2ncccc2C(=O)C1=O. The maximum Gasteiger partial charge on any atom is 0.243 e. The quantitative estimate of drug-likeness (QED) is 0.123. The Bertz CT molecular complexity index is 805. The number of aromatic nitrogens is 1. The first-order valence-electron chi connectivity index (χ1n) is 14.8. The number of carbonyl (C=O) groups excluding carboxylic acids is 2. The third kappa shape index (κ3) is 11.6. The minimum absolute atomic E-state index is 0.145. The molecule has 4 nitrogen and oxygen atoms in total. The summed E-state index contributed by atoms with van der Waals surface area (Å²) in [6.07, 6.45) is 28.6. The van der Waals surface area contributed by atoms with Crippen molar-refractivity contribution in [3.05, 3.63) is 34.5 Å². The maximum absolute atomic E-state index is 12.3. The number of allylic oxidation sites excluding steroid dienone is 1. The minimum atomic E-state index is -0.605. The van der Waals surface area contributed by atoms with Gasteiger partial charge in [-0.2, -0.15) is 0 Å². The van der Waals surface area contributed by atoms with Crippen molar-refractivity contribution in [1.82, 2.24) is 4.98 Å². The largest absolute Gasteiger partial charge is 0.504 e. The fourth-order valence-corrected chi connectivity index (χ4v) is 5.89. The first-order chi connectivity index (χ1) is 17.7. The predicted octanol–water partition coefficient (Wildman–Crippen LogP) is 9.63. The number of hydrogen-bond acceptors (Lipinski definition) is 5. The van der Waals surface area contributed by atoms with E-state index in [0.29, 0.717) is 0 Å². The molecule has 0 spiro atoms. The van der Waals surface area contributed by atoms with Gasteiger partial charge in [0.2, 0.25) is 11.6 Å². The van der Waals surface area contributed by atoms with Crippen LogP contribution in [0.4, 0.5) is 0 Å². The first kappa shape index (κ1) is 30.6. The molecule has 0 aliphatic heterocycles. The normalized spacial score (nSPS) is 13.5. The summed E-state index contributed by atoms with van der Waals surface area (Å²) in [7, 11) is 0. The van der Waals surface area contributed by atoms with Gasteiger partial charge in [0.15, 0.2) is 5.76 Å². The molecule has 0 unspecified atom stereocenters. The number of aliphatic hydroxyl groups excluding tert-OH is 1. The third-order valence-electron chi connectivity index (χ3n) is 7.15. The summed E-state index contributed by atoms with van der Waals surface area (Å²) in [6, 6.07) is 3.15. The average molecular weight is 516 g/mol. The number of unbranched alkanes of at least 4 members (excludes halogenated alkanes) is 19. The highest BCUT2D eigenvalue weighted by atomic mass is 32.2. The summed E-state index contributed by atoms with van der Waals surface area (Å²) in [5.41, 5.74) is 0.427. The van der Waals surface area contributed by atoms with Crippen LogP contribution in [-0.2, 0) is 4.79 Å². The van der Waals surface area contributed by atoms with Crippen LogP contribution in [0.2, 0.25) is 0 Å². The molecule has 1 aromatic rings. The lowest BCUT2D eigenvalue weighted by Gasteiger charge is -2.16. The van der Waals surface area contributed by atoms with E-state index in [1.807, 2.05) is 0 Å². The molecule has 1 aliphatic rings. The molecular weight excluding hydrogens is 466 g/mol. The van der Waals surface area contributed by atoms with E-state index in [1.165, 1.54) is 134 Å². The second kappa shape index (κ2) is 19.5. The number of ketones is 2. The number of thioether (sulfide) groups is 1. The molecular formula is C31H49NO3S. The van der Waals surface area contributed by atoms with Gasteiger partial charge in [-0.25, -0.2) is 0 Å². The maximum atomic E-state index is 12.3. The minimum Gasteiger partial charge on any atom is -0.504 e. The number of pyridine rings is 1. The standard InChI is InChI=1S/C31H49NO3S/c1-2-3-4-5-6-7-8-9-10-11-12-13-14-15-16-17-18-19-20-21-25-36-31-29(34)27-26(23-22-24-32-27)28(33)30(31)35/h22-24,34H,2-21,25H2,1H3. The first-order valence-corrected chi connectivity index (χ1v) is 15.8. The number of aliphatic hydroxyl groups is 1. The third-order valence-corrected chi connectivity index (χ3v) is 8.31. The number of hydrogen-bond donors (Lipinski definition) is 1. The number of fused-ring (bicyclic) bond motifs is 1. The summed E-state index contributed by atoms with van der Waals surface area (Å²) in [5, 5.41) is 10.4. The Labute approximate surface area is 224 Å². The fourth-order valence-electron chi connectivity index (χ4n) is 4.88. The van der Waals surface area contributed by atoms with E-state index in [-0.39, 0.29) is 21.9 Å². The number of nitrogens with zero attached hydrogens (tertiary/aromatic N) is 1. The van der Waals surface area contributed by atoms with Crippen molar-refractivity contribution in [2.24, 2.45) is 0 Å². The Morgan fingerprint density at radius 2 is 1.11 bits per heavy atom. The molecule has 0 atom stereocenters. The molecule has 0 fully saturated rings. The molecule has 0 bridgehead atoms. The van der Waals surface area contributed by atoms with Gasteiger partial charge in [0.05, 0.1) is 5.56 Å². The summed E-state index contributed by atoms with van der Waals surface area (Å²) < 4.78 is 0. The number of Topliss-reactive ketones (excluding diaryl/α,β-unsaturated/α-hetero) is 2. The van der Waals surface area contributed by atoms with Gasteiger partial charge in [-0.15, -0.1) is 11.8 Å². The highest BCUT2D eigenvalue weighted by molar-refractivity contribution is 8.04. The topological polar surface area (TPSA) is 67.3 Å². The number of carbonyl (C=O) groups is 2. The Morgan fingerprint density at radius 1 is 0.667 bits per heavy atom. The van der Waals surface area contributed by atoms with Gasteiger partial charge in [0.1, 0.15) is 10.6 Å². The van der Waals surface area contributed by atoms with E-state index in [9.17, 15) is 14.7 Å². The lowest BCUT2D eigenvalue weighted by Crippen LogP contribution is -2.23. The van der Waals surface area contributed by atoms with Crippen molar-refractivity contribution in [2.75, 3.05) is 5.75 Å². The van der Waals surface area contributed by atoms with Crippen LogP contribution in [0.5, 0.6) is 0 Å². The Kier molecular flexibility index (Phi) is 16.6. The van der Waals surface area contributed by atoms with Crippen LogP contribution in [0.3, 0.4) is 0 Å². The number of rotatable bonds is 22. The fraction of sp³-hybridized carbons (Fsp3) is 0.710. The molecule has 0 radical (unpaired) electrons. The van der Waals surface area contributed by atoms with Gasteiger partial charge in [-0.3, -0.25) is 14.6 Å². The van der Waals surface area contributed by atoms with E-state index >= 15 is 0 Å². The lowest BCUT2D eigenvalue weighted by molar-refractivity contribution is -0.111. The van der Waals surface area contributed by atoms with E-state index in [4.69, 9.17) is 0 Å². The van der Waals surface area contributed by atoms with Crippen molar-refractivity contribution in [3.8, 4) is 0 Å². The summed E-state index contributed by atoms with van der Waals surface area (Å²) >= 11 is 1.29. The summed E-state index contributed by atoms with van der Waals surface area (Å²) in [5.74, 6) is -0.582. The Morgan fingerprint density at radius 3 is 1.58 bits per heavy atom. The van der Waals surface area contributed by atoms with Crippen LogP contribution >= 0.6 is 11.8 Å². The van der Waals surface area contributed by atoms with Crippen LogP contribution in [0.1, 0.15) is 151 Å². The molecule has 5 heteroatoms. The zero-order chi connectivity index (χ0) is 25.8. The van der Waals surface area contributed by atoms with Crippen LogP contribution in [0.15, 0.2) is 23.2 Å². The second-order valence-electron chi connectivity index (χ2n) is 10.3. The highest BCUT2D eigenvalue weighted by Gasteiger charge is 2.33. The molecule has 1 aromatic heterocycles. The van der Waals surface area contributed by atoms with E-state index in [2.05, 4.69) is 11.9 Å². The van der Waals surface area contributed by atoms with Gasteiger partial charge in [-0.1, -0.05) is 129 Å². The van der Waals surface area contributed by atoms with Crippen molar-refractivity contribution in [3.63, 3.8) is 0 Å². The molecule has 1 N–H and O–H groups in total. The Hall–Kier alpha value is -1.62. The van der Waals surface area contributed by atoms with Crippen LogP contribution in [-0.4, -0.2) is 27.4 Å². The molecule has 0 aromatic carbocycles. The van der Waals surface area contributed by atoms with E-state index in [1.54, 1.807) is 12.1 Å². The van der Waals surface area contributed by atoms with Gasteiger partial charge in [-0.05, 0) is 24.3 Å². The smallest absolute Gasteiger partial charge is 0.243 e. The van der Waals surface area contributed by atoms with Gasteiger partial charge < -0.3 is 5.11 Å². The molecule has 202 valence electrons. The average Bonchev–Trinajstić information content (AvgIpc) is 2.90. The second-order valence-corrected chi connectivity index (χ2v) is 11.4.